The number of hydrogen-bond acceptors (Lipinski definition) is 4. The first-order valence-electron chi connectivity index (χ1n) is 7.38. The summed E-state index contributed by atoms with van der Waals surface area (Å²) in [7, 11) is 0. The molecule has 0 spiro atoms. The van der Waals surface area contributed by atoms with Gasteiger partial charge in [0.1, 0.15) is 18.5 Å². The van der Waals surface area contributed by atoms with Crippen molar-refractivity contribution in [3.8, 4) is 5.75 Å². The van der Waals surface area contributed by atoms with Crippen LogP contribution in [0, 0.1) is 0 Å². The third-order valence-electron chi connectivity index (χ3n) is 3.61. The molecule has 5 heteroatoms. The molecule has 23 heavy (non-hydrogen) atoms. The van der Waals surface area contributed by atoms with Crippen LogP contribution < -0.4 is 4.74 Å². The molecule has 2 aromatic carbocycles. The maximum Gasteiger partial charge on any atom is 0.332 e. The van der Waals surface area contributed by atoms with Crippen molar-refractivity contribution < 1.29 is 19.4 Å². The SMILES string of the molecule is C[C@@H]1OC(c2ccccc2OCc2ccccc2)=N[C@H]1C(=O)O. The van der Waals surface area contributed by atoms with Crippen molar-refractivity contribution in [1.82, 2.24) is 0 Å². The van der Waals surface area contributed by atoms with Crippen LogP contribution in [0.3, 0.4) is 0 Å². The van der Waals surface area contributed by atoms with Crippen molar-refractivity contribution in [2.45, 2.75) is 25.7 Å². The molecule has 0 saturated heterocycles. The highest BCUT2D eigenvalue weighted by Gasteiger charge is 2.34. The van der Waals surface area contributed by atoms with Gasteiger partial charge in [-0.2, -0.15) is 0 Å². The first-order chi connectivity index (χ1) is 11.1. The van der Waals surface area contributed by atoms with Gasteiger partial charge in [-0.25, -0.2) is 9.79 Å². The Hall–Kier alpha value is -2.82. The van der Waals surface area contributed by atoms with E-state index in [0.717, 1.165) is 5.56 Å². The van der Waals surface area contributed by atoms with Gasteiger partial charge in [-0.05, 0) is 24.6 Å². The molecule has 1 aliphatic heterocycles. The quantitative estimate of drug-likeness (QED) is 0.922. The highest BCUT2D eigenvalue weighted by molar-refractivity contribution is 6.00. The van der Waals surface area contributed by atoms with E-state index >= 15 is 0 Å². The van der Waals surface area contributed by atoms with Gasteiger partial charge < -0.3 is 14.6 Å². The monoisotopic (exact) mass is 311 g/mol. The fourth-order valence-electron chi connectivity index (χ4n) is 2.40. The second-order valence-corrected chi connectivity index (χ2v) is 5.31. The lowest BCUT2D eigenvalue weighted by molar-refractivity contribution is -0.139. The van der Waals surface area contributed by atoms with Crippen molar-refractivity contribution in [3.63, 3.8) is 0 Å². The number of aliphatic imine (C=N–C) groups is 1. The number of carboxylic acids is 1. The number of ether oxygens (including phenoxy) is 2. The molecule has 1 aliphatic rings. The van der Waals surface area contributed by atoms with E-state index in [0.29, 0.717) is 23.8 Å². The summed E-state index contributed by atoms with van der Waals surface area (Å²) in [5.74, 6) is -0.0583. The molecule has 0 unspecified atom stereocenters. The molecule has 2 aromatic rings. The summed E-state index contributed by atoms with van der Waals surface area (Å²) in [6.07, 6.45) is -0.496. The lowest BCUT2D eigenvalue weighted by atomic mass is 10.2. The molecular weight excluding hydrogens is 294 g/mol. The van der Waals surface area contributed by atoms with Crippen LogP contribution in [0.4, 0.5) is 0 Å². The molecule has 2 atom stereocenters. The van der Waals surface area contributed by atoms with E-state index < -0.39 is 18.1 Å². The van der Waals surface area contributed by atoms with Gasteiger partial charge in [0.15, 0.2) is 6.04 Å². The predicted molar refractivity (Wildman–Crippen MR) is 85.7 cm³/mol. The lowest BCUT2D eigenvalue weighted by Crippen LogP contribution is -2.27. The third-order valence-corrected chi connectivity index (χ3v) is 3.61. The van der Waals surface area contributed by atoms with Crippen molar-refractivity contribution in [1.29, 1.82) is 0 Å². The van der Waals surface area contributed by atoms with E-state index in [9.17, 15) is 4.79 Å². The van der Waals surface area contributed by atoms with Crippen LogP contribution in [-0.2, 0) is 16.1 Å². The van der Waals surface area contributed by atoms with E-state index in [2.05, 4.69) is 4.99 Å². The molecule has 0 saturated carbocycles. The highest BCUT2D eigenvalue weighted by atomic mass is 16.5. The van der Waals surface area contributed by atoms with Crippen molar-refractivity contribution in [2.75, 3.05) is 0 Å². The largest absolute Gasteiger partial charge is 0.488 e. The number of aliphatic carboxylic acids is 1. The molecule has 5 nitrogen and oxygen atoms in total. The summed E-state index contributed by atoms with van der Waals surface area (Å²) in [5, 5.41) is 9.15. The first-order valence-corrected chi connectivity index (χ1v) is 7.38. The number of carbonyl (C=O) groups is 1. The molecule has 1 N–H and O–H groups in total. The molecule has 1 heterocycles. The summed E-state index contributed by atoms with van der Waals surface area (Å²) in [5.41, 5.74) is 1.72. The van der Waals surface area contributed by atoms with E-state index in [4.69, 9.17) is 14.6 Å². The Morgan fingerprint density at radius 2 is 1.87 bits per heavy atom. The van der Waals surface area contributed by atoms with Crippen molar-refractivity contribution in [3.05, 3.63) is 65.7 Å². The van der Waals surface area contributed by atoms with Gasteiger partial charge in [-0.1, -0.05) is 42.5 Å². The van der Waals surface area contributed by atoms with Crippen LogP contribution in [0.5, 0.6) is 5.75 Å². The van der Waals surface area contributed by atoms with E-state index in [1.807, 2.05) is 54.6 Å². The van der Waals surface area contributed by atoms with Crippen LogP contribution in [0.2, 0.25) is 0 Å². The normalized spacial score (nSPS) is 19.8. The van der Waals surface area contributed by atoms with Crippen LogP contribution in [0.1, 0.15) is 18.1 Å². The average Bonchev–Trinajstić information content (AvgIpc) is 2.96. The van der Waals surface area contributed by atoms with Gasteiger partial charge in [-0.3, -0.25) is 0 Å². The fraction of sp³-hybridized carbons (Fsp3) is 0.222. The van der Waals surface area contributed by atoms with Gasteiger partial charge in [0.2, 0.25) is 5.90 Å². The highest BCUT2D eigenvalue weighted by Crippen LogP contribution is 2.25. The summed E-state index contributed by atoms with van der Waals surface area (Å²) in [4.78, 5) is 15.3. The first kappa shape index (κ1) is 15.1. The number of carboxylic acid groups (broad SMARTS) is 1. The minimum atomic E-state index is -0.991. The standard InChI is InChI=1S/C18H17NO4/c1-12-16(18(20)21)19-17(23-12)14-9-5-6-10-15(14)22-11-13-7-3-2-4-8-13/h2-10,12,16H,11H2,1H3,(H,20,21)/t12-,16+/m0/s1. The van der Waals surface area contributed by atoms with Gasteiger partial charge in [-0.15, -0.1) is 0 Å². The molecule has 0 radical (unpaired) electrons. The Balaban J connectivity index is 1.81. The molecule has 0 fully saturated rings. The van der Waals surface area contributed by atoms with Gasteiger partial charge in [0.25, 0.3) is 0 Å². The average molecular weight is 311 g/mol. The summed E-state index contributed by atoms with van der Waals surface area (Å²) >= 11 is 0. The molecule has 118 valence electrons. The Morgan fingerprint density at radius 3 is 2.57 bits per heavy atom. The van der Waals surface area contributed by atoms with Crippen LogP contribution in [0.15, 0.2) is 59.6 Å². The van der Waals surface area contributed by atoms with Gasteiger partial charge in [0.05, 0.1) is 5.56 Å². The molecule has 0 aliphatic carbocycles. The van der Waals surface area contributed by atoms with Crippen LogP contribution in [-0.4, -0.2) is 29.1 Å². The Kier molecular flexibility index (Phi) is 4.28. The molecule has 0 aromatic heterocycles. The van der Waals surface area contributed by atoms with Gasteiger partial charge in [0, 0.05) is 0 Å². The number of benzene rings is 2. The predicted octanol–water partition coefficient (Wildman–Crippen LogP) is 2.88. The minimum absolute atomic E-state index is 0.313. The Morgan fingerprint density at radius 1 is 1.17 bits per heavy atom. The lowest BCUT2D eigenvalue weighted by Gasteiger charge is -2.12. The smallest absolute Gasteiger partial charge is 0.332 e. The number of nitrogens with zero attached hydrogens (tertiary/aromatic N) is 1. The second-order valence-electron chi connectivity index (χ2n) is 5.31. The fourth-order valence-corrected chi connectivity index (χ4v) is 2.40. The summed E-state index contributed by atoms with van der Waals surface area (Å²) in [6, 6.07) is 16.3. The molecular formula is C18H17NO4. The summed E-state index contributed by atoms with van der Waals surface area (Å²) in [6.45, 7) is 2.12. The topological polar surface area (TPSA) is 68.1 Å². The van der Waals surface area contributed by atoms with Crippen LogP contribution in [0.25, 0.3) is 0 Å². The van der Waals surface area contributed by atoms with Crippen molar-refractivity contribution in [2.24, 2.45) is 4.99 Å². The molecule has 0 amide bonds. The van der Waals surface area contributed by atoms with Crippen LogP contribution >= 0.6 is 0 Å². The number of hydrogen-bond donors (Lipinski definition) is 1. The zero-order valence-electron chi connectivity index (χ0n) is 12.7. The van der Waals surface area contributed by atoms with E-state index in [-0.39, 0.29) is 0 Å². The Bertz CT molecular complexity index is 727. The van der Waals surface area contributed by atoms with Gasteiger partial charge >= 0.3 is 5.97 Å². The molecule has 0 bridgehead atoms. The van der Waals surface area contributed by atoms with Crippen molar-refractivity contribution >= 4 is 11.9 Å². The second kappa shape index (κ2) is 6.52. The zero-order chi connectivity index (χ0) is 16.2. The summed E-state index contributed by atoms with van der Waals surface area (Å²) < 4.78 is 11.5. The maximum absolute atomic E-state index is 11.2. The minimum Gasteiger partial charge on any atom is -0.488 e. The number of para-hydroxylation sites is 1. The maximum atomic E-state index is 11.2. The third kappa shape index (κ3) is 3.34. The van der Waals surface area contributed by atoms with E-state index in [1.165, 1.54) is 0 Å². The number of rotatable bonds is 5. The molecule has 3 rings (SSSR count). The van der Waals surface area contributed by atoms with E-state index in [1.54, 1.807) is 6.92 Å². The zero-order valence-corrected chi connectivity index (χ0v) is 12.7. The Labute approximate surface area is 134 Å².